The Labute approximate surface area is 145 Å². The van der Waals surface area contributed by atoms with Gasteiger partial charge in [-0.3, -0.25) is 0 Å². The molecule has 5 nitrogen and oxygen atoms in total. The minimum absolute atomic E-state index is 0.0672. The lowest BCUT2D eigenvalue weighted by molar-refractivity contribution is -0.274. The highest BCUT2D eigenvalue weighted by atomic mass is 19.4. The van der Waals surface area contributed by atoms with Gasteiger partial charge in [0.2, 0.25) is 0 Å². The van der Waals surface area contributed by atoms with E-state index >= 15 is 0 Å². The summed E-state index contributed by atoms with van der Waals surface area (Å²) in [5.41, 5.74) is 0.131. The number of hydrogen-bond acceptors (Lipinski definition) is 4. The number of ether oxygens (including phenoxy) is 2. The number of alkyl halides is 3. The van der Waals surface area contributed by atoms with E-state index in [9.17, 15) is 18.0 Å². The van der Waals surface area contributed by atoms with Gasteiger partial charge in [-0.15, -0.1) is 13.2 Å². The number of nitrogens with zero attached hydrogens (tertiary/aromatic N) is 1. The topological polar surface area (TPSA) is 50.8 Å². The fourth-order valence-corrected chi connectivity index (χ4v) is 2.61. The Hall–Kier alpha value is -1.96. The monoisotopic (exact) mass is 360 g/mol. The molecule has 0 aliphatic carbocycles. The molecule has 1 aromatic carbocycles. The second-order valence-electron chi connectivity index (χ2n) is 6.98. The SMILES string of the molecule is CC(C)(C)OC(=O)N1CCN[C@H](Cc2cccc(OC(F)(F)F)c2)C1. The van der Waals surface area contributed by atoms with Crippen molar-refractivity contribution in [3.05, 3.63) is 29.8 Å². The van der Waals surface area contributed by atoms with Crippen LogP contribution in [-0.4, -0.2) is 48.6 Å². The molecule has 1 aromatic rings. The maximum atomic E-state index is 12.3. The largest absolute Gasteiger partial charge is 0.573 e. The van der Waals surface area contributed by atoms with E-state index in [1.165, 1.54) is 18.2 Å². The Morgan fingerprint density at radius 2 is 2.04 bits per heavy atom. The number of rotatable bonds is 3. The first-order valence-corrected chi connectivity index (χ1v) is 8.08. The van der Waals surface area contributed by atoms with E-state index in [1.54, 1.807) is 31.7 Å². The normalized spacial score (nSPS) is 18.8. The molecule has 0 saturated carbocycles. The van der Waals surface area contributed by atoms with Gasteiger partial charge in [-0.05, 0) is 44.9 Å². The van der Waals surface area contributed by atoms with Crippen LogP contribution >= 0.6 is 0 Å². The average molecular weight is 360 g/mol. The number of carbonyl (C=O) groups is 1. The van der Waals surface area contributed by atoms with E-state index in [4.69, 9.17) is 4.74 Å². The minimum atomic E-state index is -4.71. The van der Waals surface area contributed by atoms with Crippen molar-refractivity contribution in [2.45, 2.75) is 45.2 Å². The standard InChI is InChI=1S/C17H23F3N2O3/c1-16(2,3)25-15(23)22-8-7-21-13(11-22)9-12-5-4-6-14(10-12)24-17(18,19)20/h4-6,10,13,21H,7-9,11H2,1-3H3/t13-/m1/s1. The van der Waals surface area contributed by atoms with Crippen molar-refractivity contribution >= 4 is 6.09 Å². The number of benzene rings is 1. The second kappa shape index (κ2) is 7.51. The van der Waals surface area contributed by atoms with Gasteiger partial charge in [0, 0.05) is 25.7 Å². The van der Waals surface area contributed by atoms with E-state index in [2.05, 4.69) is 10.1 Å². The highest BCUT2D eigenvalue weighted by Crippen LogP contribution is 2.24. The molecule has 1 amide bonds. The summed E-state index contributed by atoms with van der Waals surface area (Å²) in [5.74, 6) is -0.246. The number of hydrogen-bond donors (Lipinski definition) is 1. The highest BCUT2D eigenvalue weighted by molar-refractivity contribution is 5.68. The molecular weight excluding hydrogens is 337 g/mol. The number of nitrogens with one attached hydrogen (secondary N) is 1. The lowest BCUT2D eigenvalue weighted by Gasteiger charge is -2.35. The molecule has 1 fully saturated rings. The number of carbonyl (C=O) groups excluding carboxylic acids is 1. The van der Waals surface area contributed by atoms with E-state index in [0.29, 0.717) is 31.6 Å². The molecule has 0 bridgehead atoms. The lowest BCUT2D eigenvalue weighted by Crippen LogP contribution is -2.54. The first-order valence-electron chi connectivity index (χ1n) is 8.08. The molecule has 0 radical (unpaired) electrons. The van der Waals surface area contributed by atoms with Crippen molar-refractivity contribution in [3.8, 4) is 5.75 Å². The van der Waals surface area contributed by atoms with Crippen LogP contribution in [0, 0.1) is 0 Å². The quantitative estimate of drug-likeness (QED) is 0.898. The zero-order chi connectivity index (χ0) is 18.7. The van der Waals surface area contributed by atoms with Crippen molar-refractivity contribution in [1.29, 1.82) is 0 Å². The van der Waals surface area contributed by atoms with Gasteiger partial charge in [0.1, 0.15) is 11.4 Å². The Morgan fingerprint density at radius 1 is 1.32 bits per heavy atom. The summed E-state index contributed by atoms with van der Waals surface area (Å²) in [4.78, 5) is 13.8. The van der Waals surface area contributed by atoms with Gasteiger partial charge in [0.15, 0.2) is 0 Å². The van der Waals surface area contributed by atoms with Crippen molar-refractivity contribution in [1.82, 2.24) is 10.2 Å². The molecular formula is C17H23F3N2O3. The van der Waals surface area contributed by atoms with Crippen LogP contribution in [-0.2, 0) is 11.2 Å². The fraction of sp³-hybridized carbons (Fsp3) is 0.588. The maximum absolute atomic E-state index is 12.3. The molecule has 1 aliphatic heterocycles. The van der Waals surface area contributed by atoms with Crippen LogP contribution in [0.5, 0.6) is 5.75 Å². The molecule has 0 spiro atoms. The van der Waals surface area contributed by atoms with Gasteiger partial charge in [0.25, 0.3) is 0 Å². The third-order valence-electron chi connectivity index (χ3n) is 3.52. The molecule has 8 heteroatoms. The zero-order valence-electron chi connectivity index (χ0n) is 14.5. The number of halogens is 3. The first kappa shape index (κ1) is 19.4. The van der Waals surface area contributed by atoms with E-state index in [1.807, 2.05) is 0 Å². The summed E-state index contributed by atoms with van der Waals surface area (Å²) in [6, 6.07) is 5.81. The van der Waals surface area contributed by atoms with E-state index in [-0.39, 0.29) is 17.9 Å². The Bertz CT molecular complexity index is 600. The molecule has 1 atom stereocenters. The molecule has 1 aliphatic rings. The van der Waals surface area contributed by atoms with Crippen molar-refractivity contribution < 1.29 is 27.4 Å². The highest BCUT2D eigenvalue weighted by Gasteiger charge is 2.31. The predicted molar refractivity (Wildman–Crippen MR) is 86.4 cm³/mol. The number of piperazine rings is 1. The molecule has 1 saturated heterocycles. The lowest BCUT2D eigenvalue weighted by atomic mass is 10.0. The van der Waals surface area contributed by atoms with E-state index < -0.39 is 12.0 Å². The predicted octanol–water partition coefficient (Wildman–Crippen LogP) is 3.34. The summed E-state index contributed by atoms with van der Waals surface area (Å²) in [7, 11) is 0. The number of amides is 1. The van der Waals surface area contributed by atoms with Crippen molar-refractivity contribution in [2.75, 3.05) is 19.6 Å². The van der Waals surface area contributed by atoms with Crippen LogP contribution < -0.4 is 10.1 Å². The van der Waals surface area contributed by atoms with Crippen LogP contribution in [0.2, 0.25) is 0 Å². The average Bonchev–Trinajstić information content (AvgIpc) is 2.44. The van der Waals surface area contributed by atoms with Crippen LogP contribution in [0.3, 0.4) is 0 Å². The molecule has 1 heterocycles. The molecule has 0 aromatic heterocycles. The Morgan fingerprint density at radius 3 is 2.68 bits per heavy atom. The minimum Gasteiger partial charge on any atom is -0.444 e. The molecule has 140 valence electrons. The summed E-state index contributed by atoms with van der Waals surface area (Å²) in [5, 5.41) is 3.27. The van der Waals surface area contributed by atoms with Crippen LogP contribution in [0.4, 0.5) is 18.0 Å². The van der Waals surface area contributed by atoms with Crippen LogP contribution in [0.25, 0.3) is 0 Å². The molecule has 25 heavy (non-hydrogen) atoms. The van der Waals surface area contributed by atoms with Gasteiger partial charge in [0.05, 0.1) is 0 Å². The van der Waals surface area contributed by atoms with Crippen molar-refractivity contribution in [3.63, 3.8) is 0 Å². The third-order valence-corrected chi connectivity index (χ3v) is 3.52. The van der Waals surface area contributed by atoms with Gasteiger partial charge in [-0.25, -0.2) is 4.79 Å². The summed E-state index contributed by atoms with van der Waals surface area (Å²) >= 11 is 0. The Kier molecular flexibility index (Phi) is 5.82. The van der Waals surface area contributed by atoms with Gasteiger partial charge in [-0.1, -0.05) is 12.1 Å². The molecule has 1 N–H and O–H groups in total. The van der Waals surface area contributed by atoms with Crippen LogP contribution in [0.15, 0.2) is 24.3 Å². The summed E-state index contributed by atoms with van der Waals surface area (Å²) < 4.78 is 46.2. The second-order valence-corrected chi connectivity index (χ2v) is 6.98. The maximum Gasteiger partial charge on any atom is 0.573 e. The van der Waals surface area contributed by atoms with E-state index in [0.717, 1.165) is 0 Å². The first-order chi connectivity index (χ1) is 11.5. The Balaban J connectivity index is 1.96. The summed E-state index contributed by atoms with van der Waals surface area (Å²) in [6.45, 7) is 6.97. The van der Waals surface area contributed by atoms with Gasteiger partial charge >= 0.3 is 12.5 Å². The van der Waals surface area contributed by atoms with Gasteiger partial charge in [-0.2, -0.15) is 0 Å². The van der Waals surface area contributed by atoms with Crippen molar-refractivity contribution in [2.24, 2.45) is 0 Å². The van der Waals surface area contributed by atoms with Crippen LogP contribution in [0.1, 0.15) is 26.3 Å². The molecule has 2 rings (SSSR count). The smallest absolute Gasteiger partial charge is 0.444 e. The molecule has 0 unspecified atom stereocenters. The van der Waals surface area contributed by atoms with Gasteiger partial charge < -0.3 is 19.7 Å². The summed E-state index contributed by atoms with van der Waals surface area (Å²) in [6.07, 6.45) is -4.61. The zero-order valence-corrected chi connectivity index (χ0v) is 14.5. The fourth-order valence-electron chi connectivity index (χ4n) is 2.61. The third kappa shape index (κ3) is 6.81.